The largest absolute Gasteiger partial charge is 0.296 e. The Kier molecular flexibility index (Phi) is 2.23. The van der Waals surface area contributed by atoms with E-state index >= 15 is 0 Å². The lowest BCUT2D eigenvalue weighted by Crippen LogP contribution is -2.32. The molecular formula is C15H13NO2. The first kappa shape index (κ1) is 11.0. The molecule has 3 heteroatoms. The van der Waals surface area contributed by atoms with Gasteiger partial charge in [0.25, 0.3) is 0 Å². The van der Waals surface area contributed by atoms with Crippen LogP contribution in [0.1, 0.15) is 18.9 Å². The lowest BCUT2D eigenvalue weighted by atomic mass is 9.80. The van der Waals surface area contributed by atoms with Crippen LogP contribution in [0.5, 0.6) is 0 Å². The number of imide groups is 1. The predicted molar refractivity (Wildman–Crippen MR) is 69.1 cm³/mol. The smallest absolute Gasteiger partial charge is 0.237 e. The first-order valence-electron chi connectivity index (χ1n) is 5.93. The Hall–Kier alpha value is -2.16. The van der Waals surface area contributed by atoms with Crippen LogP contribution in [0, 0.1) is 0 Å². The maximum absolute atomic E-state index is 11.9. The topological polar surface area (TPSA) is 46.2 Å². The molecule has 0 aliphatic carbocycles. The van der Waals surface area contributed by atoms with Gasteiger partial charge in [-0.1, -0.05) is 42.5 Å². The van der Waals surface area contributed by atoms with Crippen molar-refractivity contribution in [3.63, 3.8) is 0 Å². The lowest BCUT2D eigenvalue weighted by molar-refractivity contribution is -0.126. The number of hydrogen-bond acceptors (Lipinski definition) is 2. The Morgan fingerprint density at radius 2 is 1.78 bits per heavy atom. The molecule has 1 fully saturated rings. The molecule has 2 aromatic carbocycles. The van der Waals surface area contributed by atoms with Crippen LogP contribution in [0.15, 0.2) is 42.5 Å². The van der Waals surface area contributed by atoms with Gasteiger partial charge in [0.05, 0.1) is 5.41 Å². The molecule has 1 saturated heterocycles. The lowest BCUT2D eigenvalue weighted by Gasteiger charge is -2.20. The Morgan fingerprint density at radius 3 is 2.44 bits per heavy atom. The highest BCUT2D eigenvalue weighted by Crippen LogP contribution is 2.33. The maximum Gasteiger partial charge on any atom is 0.237 e. The van der Waals surface area contributed by atoms with E-state index in [1.54, 1.807) is 0 Å². The zero-order valence-corrected chi connectivity index (χ0v) is 10.1. The summed E-state index contributed by atoms with van der Waals surface area (Å²) in [7, 11) is 0. The number of hydrogen-bond donors (Lipinski definition) is 1. The summed E-state index contributed by atoms with van der Waals surface area (Å²) in [6.45, 7) is 1.82. The van der Waals surface area contributed by atoms with Crippen molar-refractivity contribution in [2.24, 2.45) is 0 Å². The fourth-order valence-electron chi connectivity index (χ4n) is 2.48. The third-order valence-corrected chi connectivity index (χ3v) is 3.65. The van der Waals surface area contributed by atoms with E-state index in [9.17, 15) is 9.59 Å². The summed E-state index contributed by atoms with van der Waals surface area (Å²) in [6.07, 6.45) is 0.226. The molecule has 3 rings (SSSR count). The van der Waals surface area contributed by atoms with E-state index in [1.165, 1.54) is 0 Å². The van der Waals surface area contributed by atoms with Gasteiger partial charge in [0, 0.05) is 6.42 Å². The SMILES string of the molecule is CC1(c2ccc3ccccc3c2)CC(=O)NC1=O. The standard InChI is InChI=1S/C15H13NO2/c1-15(9-13(17)16-14(15)18)12-7-6-10-4-2-3-5-11(10)8-12/h2-8H,9H2,1H3,(H,16,17,18). The van der Waals surface area contributed by atoms with E-state index in [2.05, 4.69) is 5.32 Å². The van der Waals surface area contributed by atoms with Gasteiger partial charge in [-0.25, -0.2) is 0 Å². The second-order valence-corrected chi connectivity index (χ2v) is 4.95. The maximum atomic E-state index is 11.9. The molecule has 1 atom stereocenters. The van der Waals surface area contributed by atoms with Gasteiger partial charge in [0.15, 0.2) is 0 Å². The van der Waals surface area contributed by atoms with Crippen LogP contribution in [0.25, 0.3) is 10.8 Å². The molecule has 0 aromatic heterocycles. The summed E-state index contributed by atoms with van der Waals surface area (Å²) in [5.74, 6) is -0.404. The van der Waals surface area contributed by atoms with E-state index in [0.29, 0.717) is 0 Å². The van der Waals surface area contributed by atoms with Crippen molar-refractivity contribution >= 4 is 22.6 Å². The predicted octanol–water partition coefficient (Wildman–Crippen LogP) is 2.14. The Bertz CT molecular complexity index is 662. The van der Waals surface area contributed by atoms with Crippen molar-refractivity contribution in [2.45, 2.75) is 18.8 Å². The molecule has 90 valence electrons. The zero-order chi connectivity index (χ0) is 12.8. The number of carbonyl (C=O) groups is 2. The molecule has 3 nitrogen and oxygen atoms in total. The quantitative estimate of drug-likeness (QED) is 0.775. The molecule has 1 aliphatic rings. The fourth-order valence-corrected chi connectivity index (χ4v) is 2.48. The first-order chi connectivity index (χ1) is 8.59. The van der Waals surface area contributed by atoms with Gasteiger partial charge < -0.3 is 0 Å². The highest BCUT2D eigenvalue weighted by atomic mass is 16.2. The fraction of sp³-hybridized carbons (Fsp3) is 0.200. The van der Waals surface area contributed by atoms with Crippen LogP contribution >= 0.6 is 0 Å². The van der Waals surface area contributed by atoms with Crippen LogP contribution in [0.2, 0.25) is 0 Å². The Balaban J connectivity index is 2.14. The van der Waals surface area contributed by atoms with Crippen LogP contribution < -0.4 is 5.32 Å². The molecule has 2 aromatic rings. The molecule has 1 N–H and O–H groups in total. The third-order valence-electron chi connectivity index (χ3n) is 3.65. The third kappa shape index (κ3) is 1.51. The Labute approximate surface area is 105 Å². The average Bonchev–Trinajstić information content (AvgIpc) is 2.63. The van der Waals surface area contributed by atoms with Crippen LogP contribution in [-0.4, -0.2) is 11.8 Å². The minimum absolute atomic E-state index is 0.198. The van der Waals surface area contributed by atoms with Crippen molar-refractivity contribution in [2.75, 3.05) is 0 Å². The highest BCUT2D eigenvalue weighted by molar-refractivity contribution is 6.09. The van der Waals surface area contributed by atoms with Crippen molar-refractivity contribution in [1.29, 1.82) is 0 Å². The molecule has 1 aliphatic heterocycles. The van der Waals surface area contributed by atoms with Gasteiger partial charge in [0.2, 0.25) is 11.8 Å². The van der Waals surface area contributed by atoms with Crippen LogP contribution in [0.3, 0.4) is 0 Å². The first-order valence-corrected chi connectivity index (χ1v) is 5.93. The highest BCUT2D eigenvalue weighted by Gasteiger charge is 2.43. The summed E-state index contributed by atoms with van der Waals surface area (Å²) < 4.78 is 0. The molecule has 1 unspecified atom stereocenters. The minimum atomic E-state index is -0.735. The van der Waals surface area contributed by atoms with E-state index in [1.807, 2.05) is 49.4 Å². The molecule has 1 heterocycles. The second kappa shape index (κ2) is 3.67. The van der Waals surface area contributed by atoms with E-state index in [-0.39, 0.29) is 18.2 Å². The summed E-state index contributed by atoms with van der Waals surface area (Å²) in [5, 5.41) is 4.60. The van der Waals surface area contributed by atoms with Crippen molar-refractivity contribution in [1.82, 2.24) is 5.32 Å². The van der Waals surface area contributed by atoms with Gasteiger partial charge >= 0.3 is 0 Å². The van der Waals surface area contributed by atoms with Gasteiger partial charge in [-0.2, -0.15) is 0 Å². The molecular weight excluding hydrogens is 226 g/mol. The van der Waals surface area contributed by atoms with Gasteiger partial charge in [-0.15, -0.1) is 0 Å². The number of rotatable bonds is 1. The van der Waals surface area contributed by atoms with Crippen LogP contribution in [-0.2, 0) is 15.0 Å². The summed E-state index contributed by atoms with van der Waals surface area (Å²) in [4.78, 5) is 23.3. The van der Waals surface area contributed by atoms with E-state index < -0.39 is 5.41 Å². The van der Waals surface area contributed by atoms with Crippen molar-refractivity contribution < 1.29 is 9.59 Å². The molecule has 0 radical (unpaired) electrons. The van der Waals surface area contributed by atoms with Crippen LogP contribution in [0.4, 0.5) is 0 Å². The number of fused-ring (bicyclic) bond motifs is 1. The molecule has 0 saturated carbocycles. The summed E-state index contributed by atoms with van der Waals surface area (Å²) in [5.41, 5.74) is 0.158. The average molecular weight is 239 g/mol. The number of carbonyl (C=O) groups excluding carboxylic acids is 2. The second-order valence-electron chi connectivity index (χ2n) is 4.95. The summed E-state index contributed by atoms with van der Waals surface area (Å²) >= 11 is 0. The summed E-state index contributed by atoms with van der Waals surface area (Å²) in [6, 6.07) is 13.9. The van der Waals surface area contributed by atoms with Gasteiger partial charge in [0.1, 0.15) is 0 Å². The number of amides is 2. The van der Waals surface area contributed by atoms with E-state index in [4.69, 9.17) is 0 Å². The minimum Gasteiger partial charge on any atom is -0.296 e. The monoisotopic (exact) mass is 239 g/mol. The van der Waals surface area contributed by atoms with Crippen molar-refractivity contribution in [3.8, 4) is 0 Å². The molecule has 18 heavy (non-hydrogen) atoms. The molecule has 0 bridgehead atoms. The Morgan fingerprint density at radius 1 is 1.06 bits per heavy atom. The van der Waals surface area contributed by atoms with Crippen molar-refractivity contribution in [3.05, 3.63) is 48.0 Å². The molecule has 2 amide bonds. The number of nitrogens with one attached hydrogen (secondary N) is 1. The van der Waals surface area contributed by atoms with Gasteiger partial charge in [-0.3, -0.25) is 14.9 Å². The van der Waals surface area contributed by atoms with Gasteiger partial charge in [-0.05, 0) is 23.3 Å². The number of benzene rings is 2. The van der Waals surface area contributed by atoms with E-state index in [0.717, 1.165) is 16.3 Å². The zero-order valence-electron chi connectivity index (χ0n) is 10.1. The normalized spacial score (nSPS) is 23.4. The molecule has 0 spiro atoms.